The van der Waals surface area contributed by atoms with E-state index < -0.39 is 0 Å². The number of aromatic nitrogens is 2. The first-order chi connectivity index (χ1) is 9.99. The Bertz CT molecular complexity index is 638. The fraction of sp³-hybridized carbons (Fsp3) is 0.400. The SMILES string of the molecule is CC[C@@H](Nc1cc(C)ccc1C)C(=O)Nc1nnc(C)s1. The number of benzene rings is 1. The van der Waals surface area contributed by atoms with Crippen molar-refractivity contribution in [3.8, 4) is 0 Å². The zero-order valence-electron chi connectivity index (χ0n) is 12.7. The summed E-state index contributed by atoms with van der Waals surface area (Å²) in [5.74, 6) is -0.0884. The summed E-state index contributed by atoms with van der Waals surface area (Å²) >= 11 is 1.37. The number of carbonyl (C=O) groups excluding carboxylic acids is 1. The minimum absolute atomic E-state index is 0.0884. The highest BCUT2D eigenvalue weighted by atomic mass is 32.1. The molecule has 1 heterocycles. The van der Waals surface area contributed by atoms with Gasteiger partial charge in [0.2, 0.25) is 11.0 Å². The number of nitrogens with one attached hydrogen (secondary N) is 2. The third-order valence-electron chi connectivity index (χ3n) is 3.20. The summed E-state index contributed by atoms with van der Waals surface area (Å²) in [6.45, 7) is 7.91. The lowest BCUT2D eigenvalue weighted by Crippen LogP contribution is -2.34. The molecule has 0 fully saturated rings. The molecule has 0 saturated heterocycles. The summed E-state index contributed by atoms with van der Waals surface area (Å²) in [6, 6.07) is 5.87. The first kappa shape index (κ1) is 15.4. The van der Waals surface area contributed by atoms with E-state index in [1.165, 1.54) is 11.3 Å². The molecule has 2 aromatic rings. The van der Waals surface area contributed by atoms with Gasteiger partial charge in [-0.3, -0.25) is 10.1 Å². The van der Waals surface area contributed by atoms with Crippen molar-refractivity contribution in [3.63, 3.8) is 0 Å². The van der Waals surface area contributed by atoms with Crippen LogP contribution in [0.2, 0.25) is 0 Å². The van der Waals surface area contributed by atoms with E-state index in [2.05, 4.69) is 39.0 Å². The maximum absolute atomic E-state index is 12.3. The average Bonchev–Trinajstić information content (AvgIpc) is 2.84. The van der Waals surface area contributed by atoms with Gasteiger partial charge in [-0.1, -0.05) is 30.4 Å². The molecule has 0 aliphatic heterocycles. The number of hydrogen-bond donors (Lipinski definition) is 2. The van der Waals surface area contributed by atoms with Gasteiger partial charge in [0, 0.05) is 5.69 Å². The molecule has 6 heteroatoms. The van der Waals surface area contributed by atoms with E-state index in [1.807, 2.05) is 27.7 Å². The number of carbonyl (C=O) groups is 1. The van der Waals surface area contributed by atoms with Crippen molar-refractivity contribution in [3.05, 3.63) is 34.3 Å². The van der Waals surface area contributed by atoms with Crippen molar-refractivity contribution in [1.82, 2.24) is 10.2 Å². The molecule has 0 unspecified atom stereocenters. The van der Waals surface area contributed by atoms with E-state index >= 15 is 0 Å². The Morgan fingerprint density at radius 2 is 2.05 bits per heavy atom. The molecule has 1 amide bonds. The van der Waals surface area contributed by atoms with Crippen LogP contribution in [0.1, 0.15) is 29.5 Å². The van der Waals surface area contributed by atoms with Gasteiger partial charge in [0.1, 0.15) is 11.0 Å². The number of nitrogens with zero attached hydrogens (tertiary/aromatic N) is 2. The van der Waals surface area contributed by atoms with Gasteiger partial charge in [-0.05, 0) is 44.4 Å². The first-order valence-corrected chi connectivity index (χ1v) is 7.76. The molecule has 112 valence electrons. The van der Waals surface area contributed by atoms with Crippen LogP contribution >= 0.6 is 11.3 Å². The van der Waals surface area contributed by atoms with Gasteiger partial charge in [-0.25, -0.2) is 0 Å². The van der Waals surface area contributed by atoms with Crippen molar-refractivity contribution >= 4 is 28.1 Å². The Hall–Kier alpha value is -1.95. The van der Waals surface area contributed by atoms with E-state index in [-0.39, 0.29) is 11.9 Å². The Balaban J connectivity index is 2.08. The lowest BCUT2D eigenvalue weighted by molar-refractivity contribution is -0.117. The zero-order chi connectivity index (χ0) is 15.4. The van der Waals surface area contributed by atoms with E-state index in [4.69, 9.17) is 0 Å². The minimum atomic E-state index is -0.297. The highest BCUT2D eigenvalue weighted by Gasteiger charge is 2.18. The Morgan fingerprint density at radius 3 is 2.67 bits per heavy atom. The molecule has 2 rings (SSSR count). The second-order valence-electron chi connectivity index (χ2n) is 5.04. The second kappa shape index (κ2) is 6.67. The predicted molar refractivity (Wildman–Crippen MR) is 86.9 cm³/mol. The molecular weight excluding hydrogens is 284 g/mol. The standard InChI is InChI=1S/C15H20N4OS/c1-5-12(14(20)17-15-19-18-11(4)21-15)16-13-8-9(2)6-7-10(13)3/h6-8,12,16H,5H2,1-4H3,(H,17,19,20)/t12-/m1/s1. The Kier molecular flexibility index (Phi) is 4.90. The van der Waals surface area contributed by atoms with Gasteiger partial charge in [0.05, 0.1) is 0 Å². The van der Waals surface area contributed by atoms with Gasteiger partial charge in [-0.2, -0.15) is 0 Å². The number of aryl methyl sites for hydroxylation is 3. The monoisotopic (exact) mass is 304 g/mol. The quantitative estimate of drug-likeness (QED) is 0.889. The van der Waals surface area contributed by atoms with Crippen molar-refractivity contribution in [1.29, 1.82) is 0 Å². The molecule has 21 heavy (non-hydrogen) atoms. The average molecular weight is 304 g/mol. The largest absolute Gasteiger partial charge is 0.373 e. The molecule has 1 aromatic heterocycles. The fourth-order valence-corrected chi connectivity index (χ4v) is 2.57. The minimum Gasteiger partial charge on any atom is -0.373 e. The Labute approximate surface area is 128 Å². The van der Waals surface area contributed by atoms with Gasteiger partial charge < -0.3 is 5.32 Å². The Morgan fingerprint density at radius 1 is 1.29 bits per heavy atom. The molecule has 1 atom stereocenters. The van der Waals surface area contributed by atoms with Crippen LogP contribution in [0.3, 0.4) is 0 Å². The maximum Gasteiger partial charge on any atom is 0.248 e. The summed E-state index contributed by atoms with van der Waals surface area (Å²) in [5, 5.41) is 15.3. The summed E-state index contributed by atoms with van der Waals surface area (Å²) in [7, 11) is 0. The van der Waals surface area contributed by atoms with E-state index in [9.17, 15) is 4.79 Å². The third-order valence-corrected chi connectivity index (χ3v) is 3.96. The van der Waals surface area contributed by atoms with Crippen LogP contribution in [0.4, 0.5) is 10.8 Å². The highest BCUT2D eigenvalue weighted by Crippen LogP contribution is 2.19. The third kappa shape index (κ3) is 4.01. The normalized spacial score (nSPS) is 12.0. The summed E-state index contributed by atoms with van der Waals surface area (Å²) in [4.78, 5) is 12.3. The lowest BCUT2D eigenvalue weighted by atomic mass is 10.1. The number of anilines is 2. The van der Waals surface area contributed by atoms with Crippen LogP contribution in [-0.2, 0) is 4.79 Å². The van der Waals surface area contributed by atoms with Crippen LogP contribution in [0, 0.1) is 20.8 Å². The van der Waals surface area contributed by atoms with Crippen LogP contribution in [0.5, 0.6) is 0 Å². The number of rotatable bonds is 5. The van der Waals surface area contributed by atoms with E-state index in [0.29, 0.717) is 11.6 Å². The van der Waals surface area contributed by atoms with Crippen LogP contribution in [0.25, 0.3) is 0 Å². The molecule has 2 N–H and O–H groups in total. The van der Waals surface area contributed by atoms with Gasteiger partial charge in [0.25, 0.3) is 0 Å². The van der Waals surface area contributed by atoms with Gasteiger partial charge >= 0.3 is 0 Å². The lowest BCUT2D eigenvalue weighted by Gasteiger charge is -2.19. The molecule has 0 bridgehead atoms. The van der Waals surface area contributed by atoms with Crippen LogP contribution in [-0.4, -0.2) is 22.1 Å². The maximum atomic E-state index is 12.3. The smallest absolute Gasteiger partial charge is 0.248 e. The molecule has 0 aliphatic rings. The van der Waals surface area contributed by atoms with E-state index in [0.717, 1.165) is 21.8 Å². The molecule has 0 aliphatic carbocycles. The molecule has 0 saturated carbocycles. The summed E-state index contributed by atoms with van der Waals surface area (Å²) in [6.07, 6.45) is 0.691. The van der Waals surface area contributed by atoms with E-state index in [1.54, 1.807) is 0 Å². The molecule has 5 nitrogen and oxygen atoms in total. The predicted octanol–water partition coefficient (Wildman–Crippen LogP) is 3.29. The van der Waals surface area contributed by atoms with Crippen molar-refractivity contribution < 1.29 is 4.79 Å². The van der Waals surface area contributed by atoms with Gasteiger partial charge in [-0.15, -0.1) is 10.2 Å². The van der Waals surface area contributed by atoms with Crippen LogP contribution < -0.4 is 10.6 Å². The summed E-state index contributed by atoms with van der Waals surface area (Å²) < 4.78 is 0. The second-order valence-corrected chi connectivity index (χ2v) is 6.22. The van der Waals surface area contributed by atoms with Gasteiger partial charge in [0.15, 0.2) is 0 Å². The first-order valence-electron chi connectivity index (χ1n) is 6.94. The van der Waals surface area contributed by atoms with Crippen molar-refractivity contribution in [2.45, 2.75) is 40.2 Å². The molecular formula is C15H20N4OS. The summed E-state index contributed by atoms with van der Waals surface area (Å²) in [5.41, 5.74) is 3.28. The number of hydrogen-bond acceptors (Lipinski definition) is 5. The molecule has 0 radical (unpaired) electrons. The fourth-order valence-electron chi connectivity index (χ4n) is 1.97. The highest BCUT2D eigenvalue weighted by molar-refractivity contribution is 7.15. The molecule has 1 aromatic carbocycles. The van der Waals surface area contributed by atoms with Crippen molar-refractivity contribution in [2.75, 3.05) is 10.6 Å². The molecule has 0 spiro atoms. The van der Waals surface area contributed by atoms with Crippen LogP contribution in [0.15, 0.2) is 18.2 Å². The topological polar surface area (TPSA) is 66.9 Å². The van der Waals surface area contributed by atoms with Crippen molar-refractivity contribution in [2.24, 2.45) is 0 Å². The number of amides is 1. The zero-order valence-corrected chi connectivity index (χ0v) is 13.5.